The molecule has 1 saturated carbocycles. The van der Waals surface area contributed by atoms with Gasteiger partial charge in [-0.05, 0) is 50.2 Å². The normalized spacial score (nSPS) is 21.6. The molecule has 146 valence electrons. The minimum atomic E-state index is -2.85. The first kappa shape index (κ1) is 19.2. The third kappa shape index (κ3) is 5.22. The number of halogens is 2. The molecule has 0 radical (unpaired) electrons. The molecule has 1 N–H and O–H groups in total. The van der Waals surface area contributed by atoms with Gasteiger partial charge < -0.3 is 19.7 Å². The van der Waals surface area contributed by atoms with Gasteiger partial charge in [-0.15, -0.1) is 0 Å². The molecule has 1 saturated heterocycles. The van der Waals surface area contributed by atoms with Crippen molar-refractivity contribution in [1.29, 1.82) is 0 Å². The van der Waals surface area contributed by atoms with Crippen LogP contribution in [0.4, 0.5) is 14.5 Å². The van der Waals surface area contributed by atoms with Gasteiger partial charge in [-0.3, -0.25) is 0 Å². The van der Waals surface area contributed by atoms with Gasteiger partial charge in [-0.25, -0.2) is 0 Å². The third-order valence-corrected chi connectivity index (χ3v) is 5.12. The Kier molecular flexibility index (Phi) is 6.57. The first-order valence-corrected chi connectivity index (χ1v) is 9.75. The van der Waals surface area contributed by atoms with Crippen molar-refractivity contribution < 1.29 is 18.3 Å². The number of alkyl halides is 2. The number of hydrogen-bond donors (Lipinski definition) is 1. The maximum absolute atomic E-state index is 12.7. The summed E-state index contributed by atoms with van der Waals surface area (Å²) >= 11 is 0. The average Bonchev–Trinajstić information content (AvgIpc) is 3.09. The number of anilines is 1. The molecule has 0 amide bonds. The lowest BCUT2D eigenvalue weighted by atomic mass is 10.0. The quantitative estimate of drug-likeness (QED) is 0.772. The summed E-state index contributed by atoms with van der Waals surface area (Å²) in [5, 5.41) is 3.56. The van der Waals surface area contributed by atoms with Gasteiger partial charge >= 0.3 is 6.61 Å². The van der Waals surface area contributed by atoms with Crippen LogP contribution in [0.25, 0.3) is 0 Å². The molecule has 26 heavy (non-hydrogen) atoms. The van der Waals surface area contributed by atoms with Gasteiger partial charge in [0.2, 0.25) is 0 Å². The monoisotopic (exact) mass is 368 g/mol. The van der Waals surface area contributed by atoms with Crippen molar-refractivity contribution in [3.63, 3.8) is 0 Å². The highest BCUT2D eigenvalue weighted by Gasteiger charge is 2.24. The zero-order valence-electron chi connectivity index (χ0n) is 15.7. The van der Waals surface area contributed by atoms with Crippen molar-refractivity contribution in [1.82, 2.24) is 5.32 Å². The fourth-order valence-electron chi connectivity index (χ4n) is 3.95. The third-order valence-electron chi connectivity index (χ3n) is 5.12. The largest absolute Gasteiger partial charge is 0.486 e. The Hall–Kier alpha value is -1.56. The van der Waals surface area contributed by atoms with Gasteiger partial charge in [0, 0.05) is 37.4 Å². The van der Waals surface area contributed by atoms with Crippen LogP contribution in [0.5, 0.6) is 11.5 Å². The lowest BCUT2D eigenvalue weighted by molar-refractivity contribution is -0.0520. The summed E-state index contributed by atoms with van der Waals surface area (Å²) in [6.45, 7) is 4.34. The van der Waals surface area contributed by atoms with Gasteiger partial charge in [0.05, 0.1) is 6.10 Å². The Labute approximate surface area is 154 Å². The summed E-state index contributed by atoms with van der Waals surface area (Å²) in [7, 11) is 0. The van der Waals surface area contributed by atoms with Gasteiger partial charge in [0.25, 0.3) is 0 Å². The van der Waals surface area contributed by atoms with E-state index in [-0.39, 0.29) is 11.9 Å². The summed E-state index contributed by atoms with van der Waals surface area (Å²) in [4.78, 5) is 2.30. The molecule has 2 aliphatic rings. The van der Waals surface area contributed by atoms with Crippen molar-refractivity contribution in [3.8, 4) is 11.5 Å². The van der Waals surface area contributed by atoms with Crippen molar-refractivity contribution in [2.45, 2.75) is 64.7 Å². The van der Waals surface area contributed by atoms with Crippen molar-refractivity contribution >= 4 is 5.69 Å². The van der Waals surface area contributed by atoms with Crippen LogP contribution in [-0.2, 0) is 0 Å². The molecule has 1 aliphatic carbocycles. The van der Waals surface area contributed by atoms with Gasteiger partial charge in [-0.2, -0.15) is 8.78 Å². The molecular formula is C20H30F2N2O2. The second-order valence-corrected chi connectivity index (χ2v) is 7.76. The van der Waals surface area contributed by atoms with Crippen LogP contribution in [-0.4, -0.2) is 38.4 Å². The zero-order valence-corrected chi connectivity index (χ0v) is 15.7. The predicted molar refractivity (Wildman–Crippen MR) is 99.4 cm³/mol. The molecule has 4 nitrogen and oxygen atoms in total. The van der Waals surface area contributed by atoms with E-state index in [2.05, 4.69) is 28.8 Å². The van der Waals surface area contributed by atoms with E-state index < -0.39 is 6.61 Å². The zero-order chi connectivity index (χ0) is 18.5. The maximum Gasteiger partial charge on any atom is 0.387 e. The highest BCUT2D eigenvalue weighted by atomic mass is 19.3. The van der Waals surface area contributed by atoms with Gasteiger partial charge in [-0.1, -0.05) is 13.8 Å². The molecule has 0 bridgehead atoms. The number of rotatable bonds is 7. The number of nitrogens with one attached hydrogen (secondary N) is 1. The molecule has 1 unspecified atom stereocenters. The highest BCUT2D eigenvalue weighted by Crippen LogP contribution is 2.36. The Morgan fingerprint density at radius 3 is 2.65 bits per heavy atom. The molecule has 1 aliphatic heterocycles. The number of piperazine rings is 1. The maximum atomic E-state index is 12.7. The molecule has 1 aromatic carbocycles. The van der Waals surface area contributed by atoms with E-state index in [1.165, 1.54) is 0 Å². The van der Waals surface area contributed by atoms with Crippen LogP contribution < -0.4 is 19.7 Å². The van der Waals surface area contributed by atoms with E-state index in [1.807, 2.05) is 12.1 Å². The standard InChI is InChI=1S/C20H30F2N2O2/c1-14(2)11-15-13-24(10-9-23-15)16-7-8-18(26-20(21)22)19(12-16)25-17-5-3-4-6-17/h7-8,12,14-15,17,20,23H,3-6,9-11,13H2,1-2H3. The van der Waals surface area contributed by atoms with Crippen LogP contribution in [0.15, 0.2) is 18.2 Å². The van der Waals surface area contributed by atoms with Gasteiger partial charge in [0.15, 0.2) is 11.5 Å². The molecule has 2 fully saturated rings. The minimum Gasteiger partial charge on any atom is -0.486 e. The molecule has 1 heterocycles. The van der Waals surface area contributed by atoms with E-state index in [0.29, 0.717) is 17.7 Å². The first-order valence-electron chi connectivity index (χ1n) is 9.75. The Morgan fingerprint density at radius 2 is 1.96 bits per heavy atom. The summed E-state index contributed by atoms with van der Waals surface area (Å²) in [6, 6.07) is 5.79. The minimum absolute atomic E-state index is 0.0991. The SMILES string of the molecule is CC(C)CC1CN(c2ccc(OC(F)F)c(OC3CCCC3)c2)CCN1. The average molecular weight is 368 g/mol. The topological polar surface area (TPSA) is 33.7 Å². The Bertz CT molecular complexity index is 577. The lowest BCUT2D eigenvalue weighted by Gasteiger charge is -2.36. The van der Waals surface area contributed by atoms with E-state index in [9.17, 15) is 8.78 Å². The first-order chi connectivity index (χ1) is 12.5. The fourth-order valence-corrected chi connectivity index (χ4v) is 3.95. The van der Waals surface area contributed by atoms with Crippen LogP contribution in [0, 0.1) is 5.92 Å². The van der Waals surface area contributed by atoms with Crippen LogP contribution in [0.2, 0.25) is 0 Å². The predicted octanol–water partition coefficient (Wildman–Crippen LogP) is 4.43. The van der Waals surface area contributed by atoms with E-state index >= 15 is 0 Å². The summed E-state index contributed by atoms with van der Waals surface area (Å²) in [5.74, 6) is 1.20. The van der Waals surface area contributed by atoms with Crippen molar-refractivity contribution in [2.24, 2.45) is 5.92 Å². The second kappa shape index (κ2) is 8.89. The second-order valence-electron chi connectivity index (χ2n) is 7.76. The number of benzene rings is 1. The number of ether oxygens (including phenoxy) is 2. The van der Waals surface area contributed by atoms with Gasteiger partial charge in [0.1, 0.15) is 0 Å². The Balaban J connectivity index is 1.76. The van der Waals surface area contributed by atoms with E-state index in [1.54, 1.807) is 6.07 Å². The summed E-state index contributed by atoms with van der Waals surface area (Å²) in [6.07, 6.45) is 5.43. The molecular weight excluding hydrogens is 338 g/mol. The molecule has 1 aromatic rings. The molecule has 1 atom stereocenters. The van der Waals surface area contributed by atoms with E-state index in [0.717, 1.165) is 57.4 Å². The lowest BCUT2D eigenvalue weighted by Crippen LogP contribution is -2.51. The van der Waals surface area contributed by atoms with Crippen LogP contribution in [0.1, 0.15) is 46.0 Å². The Morgan fingerprint density at radius 1 is 1.19 bits per heavy atom. The summed E-state index contributed by atoms with van der Waals surface area (Å²) in [5.41, 5.74) is 1.01. The summed E-state index contributed by atoms with van der Waals surface area (Å²) < 4.78 is 36.2. The molecule has 6 heteroatoms. The number of nitrogens with zero attached hydrogens (tertiary/aromatic N) is 1. The van der Waals surface area contributed by atoms with Crippen LogP contribution in [0.3, 0.4) is 0 Å². The van der Waals surface area contributed by atoms with Crippen molar-refractivity contribution in [2.75, 3.05) is 24.5 Å². The smallest absolute Gasteiger partial charge is 0.387 e. The molecule has 0 aromatic heterocycles. The molecule has 3 rings (SSSR count). The highest BCUT2D eigenvalue weighted by molar-refractivity contribution is 5.57. The fraction of sp³-hybridized carbons (Fsp3) is 0.700. The number of hydrogen-bond acceptors (Lipinski definition) is 4. The van der Waals surface area contributed by atoms with Crippen LogP contribution >= 0.6 is 0 Å². The van der Waals surface area contributed by atoms with E-state index in [4.69, 9.17) is 4.74 Å². The van der Waals surface area contributed by atoms with Crippen molar-refractivity contribution in [3.05, 3.63) is 18.2 Å². The molecule has 0 spiro atoms.